The largest absolute Gasteiger partial charge is 0.421 e. The van der Waals surface area contributed by atoms with Crippen molar-refractivity contribution in [2.24, 2.45) is 0 Å². The highest BCUT2D eigenvalue weighted by molar-refractivity contribution is 5.84. The summed E-state index contributed by atoms with van der Waals surface area (Å²) in [7, 11) is 0. The van der Waals surface area contributed by atoms with E-state index in [1.54, 1.807) is 25.3 Å². The third-order valence-corrected chi connectivity index (χ3v) is 4.56. The van der Waals surface area contributed by atoms with Crippen LogP contribution in [-0.4, -0.2) is 33.0 Å². The molecular formula is C20H21FN6O. The van der Waals surface area contributed by atoms with E-state index in [0.29, 0.717) is 30.0 Å². The Morgan fingerprint density at radius 1 is 1.18 bits per heavy atom. The number of nitrogens with zero attached hydrogens (tertiary/aromatic N) is 5. The lowest BCUT2D eigenvalue weighted by molar-refractivity contribution is 0.410. The monoisotopic (exact) mass is 381 g/mol. The zero-order chi connectivity index (χ0) is 20.4. The summed E-state index contributed by atoms with van der Waals surface area (Å²) in [5, 5.41) is 0. The van der Waals surface area contributed by atoms with E-state index in [1.165, 1.54) is 18.5 Å². The third-order valence-electron chi connectivity index (χ3n) is 4.56. The molecule has 8 heteroatoms. The molecule has 7 nitrogen and oxygen atoms in total. The molecule has 3 aromatic rings. The van der Waals surface area contributed by atoms with Crippen LogP contribution in [0.4, 0.5) is 16.0 Å². The van der Waals surface area contributed by atoms with Crippen LogP contribution in [0.2, 0.25) is 0 Å². The Balaban J connectivity index is 1.66. The first-order valence-electron chi connectivity index (χ1n) is 9.64. The van der Waals surface area contributed by atoms with Gasteiger partial charge in [-0.25, -0.2) is 24.3 Å². The smallest absolute Gasteiger partial charge is 0.322 e. The molecule has 1 saturated heterocycles. The number of aromatic nitrogens is 4. The van der Waals surface area contributed by atoms with Crippen molar-refractivity contribution in [1.82, 2.24) is 19.9 Å². The van der Waals surface area contributed by atoms with Gasteiger partial charge in [0.2, 0.25) is 0 Å². The number of nitrogen functional groups attached to an aromatic ring is 1. The van der Waals surface area contributed by atoms with Crippen molar-refractivity contribution in [3.05, 3.63) is 48.3 Å². The summed E-state index contributed by atoms with van der Waals surface area (Å²) in [4.78, 5) is 18.7. The fourth-order valence-electron chi connectivity index (χ4n) is 3.18. The summed E-state index contributed by atoms with van der Waals surface area (Å²) < 4.78 is 28.1. The van der Waals surface area contributed by atoms with Crippen LogP contribution in [0.5, 0.6) is 11.8 Å². The average Bonchev–Trinajstić information content (AvgIpc) is 2.70. The molecule has 0 bridgehead atoms. The lowest BCUT2D eigenvalue weighted by Gasteiger charge is -2.29. The molecule has 0 aliphatic carbocycles. The molecule has 2 N–H and O–H groups in total. The van der Waals surface area contributed by atoms with Gasteiger partial charge in [-0.15, -0.1) is 0 Å². The summed E-state index contributed by atoms with van der Waals surface area (Å²) in [5.74, 6) is 0.385. The van der Waals surface area contributed by atoms with Gasteiger partial charge in [-0.3, -0.25) is 0 Å². The minimum atomic E-state index is -0.563. The number of benzene rings is 1. The summed E-state index contributed by atoms with van der Waals surface area (Å²) in [5.41, 5.74) is 7.99. The fraction of sp³-hybridized carbons (Fsp3) is 0.300. The van der Waals surface area contributed by atoms with Crippen molar-refractivity contribution >= 4 is 11.6 Å². The number of ether oxygens (including phenoxy) is 1. The minimum absolute atomic E-state index is 0.0198. The van der Waals surface area contributed by atoms with Gasteiger partial charge in [0, 0.05) is 26.4 Å². The zero-order valence-corrected chi connectivity index (χ0v) is 15.5. The molecule has 2 aromatic heterocycles. The molecule has 0 amide bonds. The fourth-order valence-corrected chi connectivity index (χ4v) is 3.18. The van der Waals surface area contributed by atoms with Gasteiger partial charge in [0.15, 0.2) is 11.6 Å². The van der Waals surface area contributed by atoms with Crippen LogP contribution in [0.1, 0.15) is 26.3 Å². The van der Waals surface area contributed by atoms with Crippen LogP contribution >= 0.6 is 0 Å². The second-order valence-corrected chi connectivity index (χ2v) is 6.54. The number of halogens is 1. The number of hydrogen-bond donors (Lipinski definition) is 1. The van der Waals surface area contributed by atoms with Crippen LogP contribution in [0.25, 0.3) is 11.1 Å². The molecule has 1 aromatic carbocycles. The molecule has 3 heterocycles. The van der Waals surface area contributed by atoms with Gasteiger partial charge < -0.3 is 15.4 Å². The second-order valence-electron chi connectivity index (χ2n) is 6.54. The van der Waals surface area contributed by atoms with Crippen LogP contribution in [-0.2, 0) is 0 Å². The molecule has 1 aliphatic heterocycles. The molecule has 1 fully saturated rings. The highest BCUT2D eigenvalue weighted by Gasteiger charge is 2.20. The average molecular weight is 381 g/mol. The third kappa shape index (κ3) is 3.71. The highest BCUT2D eigenvalue weighted by Crippen LogP contribution is 2.36. The molecule has 0 unspecified atom stereocenters. The normalized spacial score (nSPS) is 15.4. The van der Waals surface area contributed by atoms with E-state index < -0.39 is 5.82 Å². The van der Waals surface area contributed by atoms with Gasteiger partial charge in [-0.05, 0) is 49.9 Å². The van der Waals surface area contributed by atoms with Gasteiger partial charge in [0.05, 0.1) is 5.56 Å². The standard InChI is InChI=1S/C20H21FN6O/c1-13-7-8-23-20(26-13)28-16-6-5-14(11-15(16)21)17-18(22)24-12-25-19(17)27-9-3-2-4-10-27/h5-8,11-12H,2-4,9-10H2,1H3,(H2,22,24,25)/i2D. The first-order chi connectivity index (χ1) is 14.0. The molecule has 0 saturated carbocycles. The molecule has 144 valence electrons. The maximum atomic E-state index is 14.8. The van der Waals surface area contributed by atoms with Gasteiger partial charge in [0.25, 0.3) is 0 Å². The molecule has 0 radical (unpaired) electrons. The maximum absolute atomic E-state index is 14.8. The van der Waals surface area contributed by atoms with E-state index in [4.69, 9.17) is 11.8 Å². The van der Waals surface area contributed by atoms with Crippen molar-refractivity contribution < 1.29 is 10.5 Å². The van der Waals surface area contributed by atoms with Crippen LogP contribution in [0.3, 0.4) is 0 Å². The summed E-state index contributed by atoms with van der Waals surface area (Å²) >= 11 is 0. The Morgan fingerprint density at radius 3 is 2.75 bits per heavy atom. The predicted molar refractivity (Wildman–Crippen MR) is 105 cm³/mol. The Bertz CT molecular complexity index is 1030. The Kier molecular flexibility index (Phi) is 4.67. The van der Waals surface area contributed by atoms with E-state index in [2.05, 4.69) is 24.8 Å². The Hall–Kier alpha value is -3.29. The van der Waals surface area contributed by atoms with Gasteiger partial charge in [-0.2, -0.15) is 0 Å². The number of anilines is 2. The molecule has 0 atom stereocenters. The molecule has 1 aliphatic rings. The van der Waals surface area contributed by atoms with Crippen LogP contribution < -0.4 is 15.4 Å². The van der Waals surface area contributed by atoms with E-state index in [-0.39, 0.29) is 24.0 Å². The molecule has 4 rings (SSSR count). The number of rotatable bonds is 4. The van der Waals surface area contributed by atoms with Crippen LogP contribution in [0.15, 0.2) is 36.8 Å². The summed E-state index contributed by atoms with van der Waals surface area (Å²) in [6, 6.07) is 6.39. The van der Waals surface area contributed by atoms with E-state index in [0.717, 1.165) is 18.5 Å². The minimum Gasteiger partial charge on any atom is -0.421 e. The summed E-state index contributed by atoms with van der Waals surface area (Å²) in [6.07, 6.45) is 4.40. The molecular weight excluding hydrogens is 359 g/mol. The van der Waals surface area contributed by atoms with E-state index >= 15 is 0 Å². The maximum Gasteiger partial charge on any atom is 0.322 e. The van der Waals surface area contributed by atoms with Crippen molar-refractivity contribution in [3.8, 4) is 22.9 Å². The quantitative estimate of drug-likeness (QED) is 0.736. The second kappa shape index (κ2) is 7.75. The topological polar surface area (TPSA) is 90.1 Å². The molecule has 28 heavy (non-hydrogen) atoms. The first-order valence-corrected chi connectivity index (χ1v) is 9.06. The number of hydrogen-bond acceptors (Lipinski definition) is 7. The highest BCUT2D eigenvalue weighted by atomic mass is 19.1. The predicted octanol–water partition coefficient (Wildman–Crippen LogP) is 3.75. The first kappa shape index (κ1) is 16.9. The zero-order valence-electron chi connectivity index (χ0n) is 16.5. The van der Waals surface area contributed by atoms with Crippen molar-refractivity contribution in [2.75, 3.05) is 23.7 Å². The number of nitrogens with two attached hydrogens (primary N) is 1. The Labute approximate surface area is 163 Å². The number of aryl methyl sites for hydroxylation is 1. The van der Waals surface area contributed by atoms with Crippen molar-refractivity contribution in [1.29, 1.82) is 0 Å². The van der Waals surface area contributed by atoms with Crippen molar-refractivity contribution in [2.45, 2.75) is 26.2 Å². The van der Waals surface area contributed by atoms with Crippen molar-refractivity contribution in [3.63, 3.8) is 0 Å². The Morgan fingerprint density at radius 2 is 2.00 bits per heavy atom. The van der Waals surface area contributed by atoms with Crippen LogP contribution in [0, 0.1) is 12.7 Å². The van der Waals surface area contributed by atoms with Gasteiger partial charge in [0.1, 0.15) is 18.0 Å². The van der Waals surface area contributed by atoms with Gasteiger partial charge >= 0.3 is 6.01 Å². The lowest BCUT2D eigenvalue weighted by atomic mass is 10.0. The van der Waals surface area contributed by atoms with E-state index in [9.17, 15) is 4.39 Å². The van der Waals surface area contributed by atoms with Gasteiger partial charge in [-0.1, -0.05) is 6.07 Å². The molecule has 0 spiro atoms. The van der Waals surface area contributed by atoms with E-state index in [1.807, 2.05) is 0 Å². The SMILES string of the molecule is [2H]C1CCN(c2ncnc(N)c2-c2ccc(Oc3nccc(C)n3)c(F)c2)CC1. The summed E-state index contributed by atoms with van der Waals surface area (Å²) in [6.45, 7) is 3.20. The number of piperidine rings is 1. The lowest BCUT2D eigenvalue weighted by Crippen LogP contribution is -2.31.